The second-order valence-corrected chi connectivity index (χ2v) is 3.90. The zero-order valence-corrected chi connectivity index (χ0v) is 10.3. The summed E-state index contributed by atoms with van der Waals surface area (Å²) in [5.41, 5.74) is 3.14. The predicted octanol–water partition coefficient (Wildman–Crippen LogP) is 2.79. The van der Waals surface area contributed by atoms with Crippen molar-refractivity contribution in [2.24, 2.45) is 0 Å². The molecule has 0 aromatic carbocycles. The van der Waals surface area contributed by atoms with Gasteiger partial charge >= 0.3 is 0 Å². The van der Waals surface area contributed by atoms with Crippen LogP contribution in [-0.4, -0.2) is 21.3 Å². The lowest BCUT2D eigenvalue weighted by atomic mass is 10.2. The van der Waals surface area contributed by atoms with E-state index in [1.54, 1.807) is 0 Å². The highest BCUT2D eigenvalue weighted by Gasteiger charge is 2.06. The molecule has 0 atom stereocenters. The maximum atomic E-state index is 4.41. The van der Waals surface area contributed by atoms with Gasteiger partial charge in [0.25, 0.3) is 0 Å². The number of aryl methyl sites for hydroxylation is 1. The monoisotopic (exact) mass is 230 g/mol. The second kappa shape index (κ2) is 5.48. The third-order valence-corrected chi connectivity index (χ3v) is 2.56. The minimum absolute atomic E-state index is 0.914. The Bertz CT molecular complexity index is 476. The summed E-state index contributed by atoms with van der Waals surface area (Å²) in [5.74, 6) is 0. The molecular weight excluding hydrogens is 212 g/mol. The number of hydrogen-bond donors (Lipinski definition) is 1. The highest BCUT2D eigenvalue weighted by Crippen LogP contribution is 2.19. The van der Waals surface area contributed by atoms with E-state index >= 15 is 0 Å². The van der Waals surface area contributed by atoms with Crippen molar-refractivity contribution in [3.8, 4) is 11.4 Å². The van der Waals surface area contributed by atoms with Gasteiger partial charge in [-0.15, -0.1) is 0 Å². The van der Waals surface area contributed by atoms with Gasteiger partial charge < -0.3 is 5.32 Å². The van der Waals surface area contributed by atoms with Crippen molar-refractivity contribution in [2.45, 2.75) is 26.8 Å². The average molecular weight is 230 g/mol. The van der Waals surface area contributed by atoms with Crippen molar-refractivity contribution in [2.75, 3.05) is 11.9 Å². The molecule has 90 valence electrons. The molecule has 0 saturated heterocycles. The van der Waals surface area contributed by atoms with Crippen LogP contribution in [0.2, 0.25) is 0 Å². The molecular formula is C13H18N4. The van der Waals surface area contributed by atoms with Crippen molar-refractivity contribution in [1.29, 1.82) is 0 Å². The molecule has 2 aromatic heterocycles. The minimum Gasteiger partial charge on any atom is -0.385 e. The first kappa shape index (κ1) is 11.6. The lowest BCUT2D eigenvalue weighted by Gasteiger charge is -2.07. The summed E-state index contributed by atoms with van der Waals surface area (Å²) in [6, 6.07) is 6.05. The van der Waals surface area contributed by atoms with Gasteiger partial charge in [0, 0.05) is 31.2 Å². The predicted molar refractivity (Wildman–Crippen MR) is 69.9 cm³/mol. The average Bonchev–Trinajstić information content (AvgIpc) is 2.79. The molecule has 0 radical (unpaired) electrons. The van der Waals surface area contributed by atoms with Gasteiger partial charge in [0.15, 0.2) is 0 Å². The summed E-state index contributed by atoms with van der Waals surface area (Å²) in [6.07, 6.45) is 4.73. The zero-order valence-electron chi connectivity index (χ0n) is 10.3. The molecule has 0 aliphatic carbocycles. The van der Waals surface area contributed by atoms with Crippen LogP contribution in [-0.2, 0) is 6.54 Å². The van der Waals surface area contributed by atoms with Crippen molar-refractivity contribution in [1.82, 2.24) is 14.8 Å². The van der Waals surface area contributed by atoms with Gasteiger partial charge in [-0.2, -0.15) is 5.10 Å². The normalized spacial score (nSPS) is 10.5. The van der Waals surface area contributed by atoms with Crippen LogP contribution in [0.4, 0.5) is 5.69 Å². The molecule has 2 heterocycles. The van der Waals surface area contributed by atoms with Crippen LogP contribution in [0.25, 0.3) is 11.4 Å². The number of hydrogen-bond acceptors (Lipinski definition) is 3. The largest absolute Gasteiger partial charge is 0.385 e. The Balaban J connectivity index is 2.31. The van der Waals surface area contributed by atoms with E-state index in [4.69, 9.17) is 0 Å². The Morgan fingerprint density at radius 3 is 2.88 bits per heavy atom. The lowest BCUT2D eigenvalue weighted by Crippen LogP contribution is -2.03. The van der Waals surface area contributed by atoms with Crippen LogP contribution in [0.15, 0.2) is 30.6 Å². The topological polar surface area (TPSA) is 42.7 Å². The van der Waals surface area contributed by atoms with Gasteiger partial charge in [0.05, 0.1) is 11.4 Å². The third-order valence-electron chi connectivity index (χ3n) is 2.56. The number of anilines is 1. The van der Waals surface area contributed by atoms with Crippen molar-refractivity contribution >= 4 is 5.69 Å². The Kier molecular flexibility index (Phi) is 3.75. The first-order valence-electron chi connectivity index (χ1n) is 6.07. The number of rotatable bonds is 5. The van der Waals surface area contributed by atoms with E-state index in [0.717, 1.165) is 36.6 Å². The summed E-state index contributed by atoms with van der Waals surface area (Å²) in [6.45, 7) is 6.07. The summed E-state index contributed by atoms with van der Waals surface area (Å²) in [5, 5.41) is 7.61. The van der Waals surface area contributed by atoms with Gasteiger partial charge in [-0.05, 0) is 31.5 Å². The van der Waals surface area contributed by atoms with Gasteiger partial charge in [-0.1, -0.05) is 6.92 Å². The quantitative estimate of drug-likeness (QED) is 0.858. The van der Waals surface area contributed by atoms with Crippen molar-refractivity contribution < 1.29 is 0 Å². The zero-order chi connectivity index (χ0) is 12.1. The molecule has 0 aliphatic rings. The fourth-order valence-electron chi connectivity index (χ4n) is 1.82. The third kappa shape index (κ3) is 2.64. The number of pyridine rings is 1. The highest BCUT2D eigenvalue weighted by molar-refractivity contribution is 5.60. The Labute approximate surface area is 102 Å². The van der Waals surface area contributed by atoms with Crippen LogP contribution >= 0.6 is 0 Å². The summed E-state index contributed by atoms with van der Waals surface area (Å²) in [4.78, 5) is 4.41. The van der Waals surface area contributed by atoms with Crippen molar-refractivity contribution in [3.05, 3.63) is 30.6 Å². The molecule has 0 spiro atoms. The molecule has 1 N–H and O–H groups in total. The van der Waals surface area contributed by atoms with Crippen LogP contribution in [0.5, 0.6) is 0 Å². The molecule has 0 amide bonds. The number of aromatic nitrogens is 3. The van der Waals surface area contributed by atoms with Crippen molar-refractivity contribution in [3.63, 3.8) is 0 Å². The van der Waals surface area contributed by atoms with E-state index in [0.29, 0.717) is 0 Å². The van der Waals surface area contributed by atoms with Gasteiger partial charge in [0.1, 0.15) is 0 Å². The smallest absolute Gasteiger partial charge is 0.0903 e. The Morgan fingerprint density at radius 2 is 2.12 bits per heavy atom. The van der Waals surface area contributed by atoms with Crippen LogP contribution in [0.1, 0.15) is 20.3 Å². The molecule has 0 aliphatic heterocycles. The van der Waals surface area contributed by atoms with E-state index in [-0.39, 0.29) is 0 Å². The molecule has 2 rings (SSSR count). The number of nitrogens with zero attached hydrogens (tertiary/aromatic N) is 3. The van der Waals surface area contributed by atoms with Gasteiger partial charge in [-0.25, -0.2) is 0 Å². The molecule has 4 heteroatoms. The van der Waals surface area contributed by atoms with E-state index in [1.165, 1.54) is 0 Å². The maximum Gasteiger partial charge on any atom is 0.0903 e. The first-order valence-corrected chi connectivity index (χ1v) is 6.07. The molecule has 0 fully saturated rings. The fraction of sp³-hybridized carbons (Fsp3) is 0.385. The summed E-state index contributed by atoms with van der Waals surface area (Å²) >= 11 is 0. The van der Waals surface area contributed by atoms with Gasteiger partial charge in [0.2, 0.25) is 0 Å². The summed E-state index contributed by atoms with van der Waals surface area (Å²) in [7, 11) is 0. The van der Waals surface area contributed by atoms with E-state index < -0.39 is 0 Å². The Hall–Kier alpha value is -1.84. The number of nitrogens with one attached hydrogen (secondary N) is 1. The van der Waals surface area contributed by atoms with Gasteiger partial charge in [-0.3, -0.25) is 9.67 Å². The molecule has 2 aromatic rings. The molecule has 4 nitrogen and oxygen atoms in total. The Morgan fingerprint density at radius 1 is 1.24 bits per heavy atom. The van der Waals surface area contributed by atoms with E-state index in [1.807, 2.05) is 29.2 Å². The molecule has 0 unspecified atom stereocenters. The summed E-state index contributed by atoms with van der Waals surface area (Å²) < 4.78 is 2.00. The second-order valence-electron chi connectivity index (χ2n) is 3.90. The SMILES string of the molecule is CCCn1nccc1-c1cc(NCC)ccn1. The van der Waals surface area contributed by atoms with Crippen LogP contribution in [0, 0.1) is 0 Å². The standard InChI is InChI=1S/C13H18N4/c1-3-9-17-13(6-8-16-17)12-10-11(14-4-2)5-7-15-12/h5-8,10H,3-4,9H2,1-2H3,(H,14,15). The van der Waals surface area contributed by atoms with Crippen LogP contribution in [0.3, 0.4) is 0 Å². The first-order chi connectivity index (χ1) is 8.35. The minimum atomic E-state index is 0.914. The lowest BCUT2D eigenvalue weighted by molar-refractivity contribution is 0.608. The van der Waals surface area contributed by atoms with Crippen LogP contribution < -0.4 is 5.32 Å². The molecule has 17 heavy (non-hydrogen) atoms. The fourth-order valence-corrected chi connectivity index (χ4v) is 1.82. The van der Waals surface area contributed by atoms with E-state index in [2.05, 4.69) is 35.3 Å². The highest BCUT2D eigenvalue weighted by atomic mass is 15.3. The molecule has 0 saturated carbocycles. The van der Waals surface area contributed by atoms with E-state index in [9.17, 15) is 0 Å². The molecule has 0 bridgehead atoms. The maximum absolute atomic E-state index is 4.41.